The first-order valence-corrected chi connectivity index (χ1v) is 14.4. The van der Waals surface area contributed by atoms with Gasteiger partial charge in [0.1, 0.15) is 5.82 Å². The Labute approximate surface area is 216 Å². The van der Waals surface area contributed by atoms with Gasteiger partial charge in [0, 0.05) is 44.3 Å². The van der Waals surface area contributed by atoms with Crippen molar-refractivity contribution in [3.8, 4) is 11.1 Å². The SMILES string of the molecule is CCS(=O)(=O)N1CCC(c2c[nH]c3c(C(N)=O)cc(-c4cc(F)cc(CN5CCOCC5)c4)cc23)CC1. The number of H-pyrrole nitrogens is 1. The van der Waals surface area contributed by atoms with E-state index in [0.717, 1.165) is 35.2 Å². The van der Waals surface area contributed by atoms with E-state index in [-0.39, 0.29) is 17.5 Å². The van der Waals surface area contributed by atoms with E-state index in [1.807, 2.05) is 18.3 Å². The second-order valence-corrected chi connectivity index (χ2v) is 12.1. The van der Waals surface area contributed by atoms with E-state index in [1.54, 1.807) is 23.4 Å². The number of sulfonamides is 1. The Kier molecular flexibility index (Phi) is 7.35. The topological polar surface area (TPSA) is 109 Å². The number of nitrogens with zero attached hydrogens (tertiary/aromatic N) is 2. The van der Waals surface area contributed by atoms with Crippen LogP contribution in [0.25, 0.3) is 22.0 Å². The second kappa shape index (κ2) is 10.5. The number of piperidine rings is 1. The number of hydrogen-bond donors (Lipinski definition) is 2. The molecule has 0 saturated carbocycles. The molecule has 2 aromatic carbocycles. The minimum Gasteiger partial charge on any atom is -0.379 e. The van der Waals surface area contributed by atoms with Crippen molar-refractivity contribution >= 4 is 26.8 Å². The summed E-state index contributed by atoms with van der Waals surface area (Å²) in [6, 6.07) is 8.69. The number of morpholine rings is 1. The van der Waals surface area contributed by atoms with Gasteiger partial charge in [0.2, 0.25) is 10.0 Å². The fourth-order valence-corrected chi connectivity index (χ4v) is 6.64. The normalized spacial score (nSPS) is 18.4. The Morgan fingerprint density at radius 1 is 1.08 bits per heavy atom. The predicted octanol–water partition coefficient (Wildman–Crippen LogP) is 3.43. The molecule has 0 aliphatic carbocycles. The summed E-state index contributed by atoms with van der Waals surface area (Å²) in [5.74, 6) is -0.663. The molecule has 10 heteroatoms. The third kappa shape index (κ3) is 5.43. The fraction of sp³-hybridized carbons (Fsp3) is 0.444. The van der Waals surface area contributed by atoms with E-state index >= 15 is 0 Å². The van der Waals surface area contributed by atoms with Crippen LogP contribution in [0.4, 0.5) is 4.39 Å². The monoisotopic (exact) mass is 528 g/mol. The summed E-state index contributed by atoms with van der Waals surface area (Å²) < 4.78 is 46.3. The molecule has 1 amide bonds. The van der Waals surface area contributed by atoms with Gasteiger partial charge in [-0.2, -0.15) is 0 Å². The number of primary amides is 1. The number of benzene rings is 2. The van der Waals surface area contributed by atoms with E-state index in [4.69, 9.17) is 10.5 Å². The molecule has 0 spiro atoms. The van der Waals surface area contributed by atoms with Crippen molar-refractivity contribution in [3.63, 3.8) is 0 Å². The molecule has 1 aromatic heterocycles. The lowest BCUT2D eigenvalue weighted by atomic mass is 9.88. The van der Waals surface area contributed by atoms with Gasteiger partial charge in [0.05, 0.1) is 30.0 Å². The van der Waals surface area contributed by atoms with Gasteiger partial charge in [-0.05, 0) is 78.3 Å². The van der Waals surface area contributed by atoms with Crippen LogP contribution in [0.3, 0.4) is 0 Å². The minimum absolute atomic E-state index is 0.0945. The molecule has 0 radical (unpaired) electrons. The van der Waals surface area contributed by atoms with Crippen LogP contribution in [0, 0.1) is 5.82 Å². The highest BCUT2D eigenvalue weighted by Gasteiger charge is 2.29. The van der Waals surface area contributed by atoms with Crippen LogP contribution in [0.1, 0.15) is 47.2 Å². The van der Waals surface area contributed by atoms with Gasteiger partial charge in [0.15, 0.2) is 0 Å². The molecular weight excluding hydrogens is 495 g/mol. The van der Waals surface area contributed by atoms with Gasteiger partial charge in [-0.25, -0.2) is 17.1 Å². The number of rotatable bonds is 7. The van der Waals surface area contributed by atoms with Crippen LogP contribution < -0.4 is 5.73 Å². The lowest BCUT2D eigenvalue weighted by Crippen LogP contribution is -2.38. The summed E-state index contributed by atoms with van der Waals surface area (Å²) in [6.07, 6.45) is 3.27. The third-order valence-corrected chi connectivity index (χ3v) is 9.42. The number of amides is 1. The molecule has 3 aromatic rings. The number of aromatic amines is 1. The number of carbonyl (C=O) groups excluding carboxylic acids is 1. The molecule has 0 bridgehead atoms. The number of ether oxygens (including phenoxy) is 1. The van der Waals surface area contributed by atoms with Crippen molar-refractivity contribution in [1.29, 1.82) is 0 Å². The van der Waals surface area contributed by atoms with Crippen molar-refractivity contribution in [2.75, 3.05) is 45.1 Å². The summed E-state index contributed by atoms with van der Waals surface area (Å²) >= 11 is 0. The lowest BCUT2D eigenvalue weighted by Gasteiger charge is -2.31. The van der Waals surface area contributed by atoms with Gasteiger partial charge in [-0.1, -0.05) is 0 Å². The zero-order valence-electron chi connectivity index (χ0n) is 21.0. The molecule has 2 aliphatic heterocycles. The minimum atomic E-state index is -3.22. The Bertz CT molecular complexity index is 1410. The Morgan fingerprint density at radius 2 is 1.78 bits per heavy atom. The van der Waals surface area contributed by atoms with E-state index in [0.29, 0.717) is 62.3 Å². The fourth-order valence-electron chi connectivity index (χ4n) is 5.51. The van der Waals surface area contributed by atoms with Gasteiger partial charge in [-0.15, -0.1) is 0 Å². The van der Waals surface area contributed by atoms with Gasteiger partial charge in [0.25, 0.3) is 5.91 Å². The summed E-state index contributed by atoms with van der Waals surface area (Å²) in [7, 11) is -3.22. The number of fused-ring (bicyclic) bond motifs is 1. The first-order chi connectivity index (χ1) is 17.7. The Morgan fingerprint density at radius 3 is 2.46 bits per heavy atom. The lowest BCUT2D eigenvalue weighted by molar-refractivity contribution is 0.0341. The maximum atomic E-state index is 14.7. The molecule has 3 N–H and O–H groups in total. The van der Waals surface area contributed by atoms with Gasteiger partial charge >= 0.3 is 0 Å². The van der Waals surface area contributed by atoms with E-state index in [1.165, 1.54) is 6.07 Å². The summed E-state index contributed by atoms with van der Waals surface area (Å²) in [5.41, 5.74) is 10.0. The molecule has 8 nitrogen and oxygen atoms in total. The van der Waals surface area contributed by atoms with Crippen molar-refractivity contribution in [3.05, 3.63) is 59.0 Å². The largest absolute Gasteiger partial charge is 0.379 e. The maximum Gasteiger partial charge on any atom is 0.250 e. The molecule has 5 rings (SSSR count). The number of hydrogen-bond acceptors (Lipinski definition) is 5. The first-order valence-electron chi connectivity index (χ1n) is 12.8. The average molecular weight is 529 g/mol. The second-order valence-electron chi connectivity index (χ2n) is 9.87. The Hall–Kier alpha value is -2.79. The Balaban J connectivity index is 1.49. The molecular formula is C27H33FN4O4S. The zero-order valence-corrected chi connectivity index (χ0v) is 21.8. The molecule has 0 unspecified atom stereocenters. The number of aromatic nitrogens is 1. The standard InChI is InChI=1S/C27H33FN4O4S/c1-2-37(34,35)32-5-3-19(4-6-32)25-16-30-26-23(25)14-21(15-24(26)27(29)33)20-11-18(12-22(28)13-20)17-31-7-9-36-10-8-31/h11-16,19,30H,2-10,17H2,1H3,(H2,29,33). The smallest absolute Gasteiger partial charge is 0.250 e. The van der Waals surface area contributed by atoms with Crippen LogP contribution in [0.2, 0.25) is 0 Å². The number of nitrogens with two attached hydrogens (primary N) is 1. The van der Waals surface area contributed by atoms with E-state index < -0.39 is 15.9 Å². The van der Waals surface area contributed by atoms with Crippen molar-refractivity contribution in [2.24, 2.45) is 5.73 Å². The highest BCUT2D eigenvalue weighted by atomic mass is 32.2. The maximum absolute atomic E-state index is 14.7. The van der Waals surface area contributed by atoms with Crippen molar-refractivity contribution in [2.45, 2.75) is 32.2 Å². The van der Waals surface area contributed by atoms with Crippen molar-refractivity contribution < 1.29 is 22.3 Å². The molecule has 0 atom stereocenters. The summed E-state index contributed by atoms with van der Waals surface area (Å²) in [6.45, 7) is 6.14. The highest BCUT2D eigenvalue weighted by molar-refractivity contribution is 7.89. The zero-order chi connectivity index (χ0) is 26.2. The quantitative estimate of drug-likeness (QED) is 0.488. The molecule has 2 aliphatic rings. The number of nitrogens with one attached hydrogen (secondary N) is 1. The van der Waals surface area contributed by atoms with E-state index in [9.17, 15) is 17.6 Å². The third-order valence-electron chi connectivity index (χ3n) is 7.54. The molecule has 2 saturated heterocycles. The molecule has 198 valence electrons. The van der Waals surface area contributed by atoms with Crippen LogP contribution in [0.15, 0.2) is 36.5 Å². The van der Waals surface area contributed by atoms with Gasteiger partial charge < -0.3 is 15.5 Å². The summed E-state index contributed by atoms with van der Waals surface area (Å²) in [4.78, 5) is 17.9. The number of halogens is 1. The first kappa shape index (κ1) is 25.8. The predicted molar refractivity (Wildman–Crippen MR) is 141 cm³/mol. The van der Waals surface area contributed by atoms with E-state index in [2.05, 4.69) is 9.88 Å². The van der Waals surface area contributed by atoms with Crippen LogP contribution in [-0.4, -0.2) is 73.7 Å². The molecule has 2 fully saturated rings. The number of carbonyl (C=O) groups is 1. The van der Waals surface area contributed by atoms with Crippen molar-refractivity contribution in [1.82, 2.24) is 14.2 Å². The van der Waals surface area contributed by atoms with Gasteiger partial charge in [-0.3, -0.25) is 9.69 Å². The molecule has 3 heterocycles. The summed E-state index contributed by atoms with van der Waals surface area (Å²) in [5, 5.41) is 0.863. The van der Waals surface area contributed by atoms with Crippen LogP contribution in [0.5, 0.6) is 0 Å². The highest BCUT2D eigenvalue weighted by Crippen LogP contribution is 2.37. The molecule has 37 heavy (non-hydrogen) atoms. The van der Waals surface area contributed by atoms with Crippen LogP contribution >= 0.6 is 0 Å². The average Bonchev–Trinajstić information content (AvgIpc) is 3.32. The van der Waals surface area contributed by atoms with Crippen LogP contribution in [-0.2, 0) is 21.3 Å².